The monoisotopic (exact) mass is 463 g/mol. The molecule has 1 saturated heterocycles. The lowest BCUT2D eigenvalue weighted by Gasteiger charge is -2.32. The van der Waals surface area contributed by atoms with Gasteiger partial charge in [0.15, 0.2) is 0 Å². The predicted molar refractivity (Wildman–Crippen MR) is 129 cm³/mol. The molecule has 1 saturated carbocycles. The van der Waals surface area contributed by atoms with Gasteiger partial charge in [-0.3, -0.25) is 0 Å². The highest BCUT2D eigenvalue weighted by atomic mass is 35.5. The Bertz CT molecular complexity index is 1160. The number of nitriles is 1. The minimum absolute atomic E-state index is 0.440. The quantitative estimate of drug-likeness (QED) is 0.397. The van der Waals surface area contributed by atoms with Gasteiger partial charge in [-0.2, -0.15) is 5.26 Å². The minimum atomic E-state index is 0.440. The van der Waals surface area contributed by atoms with E-state index in [0.717, 1.165) is 61.4 Å². The van der Waals surface area contributed by atoms with Crippen molar-refractivity contribution < 1.29 is 4.52 Å². The summed E-state index contributed by atoms with van der Waals surface area (Å²) in [5.41, 5.74) is 4.35. The summed E-state index contributed by atoms with van der Waals surface area (Å²) < 4.78 is 5.77. The Morgan fingerprint density at radius 3 is 2.31 bits per heavy atom. The SMILES string of the molecule is N#Cc1ccc(N2CCC(/C=C/c3c(-c4c(Cl)cccc4Cl)noc3C3CC3)CC2)cc1. The number of benzene rings is 2. The van der Waals surface area contributed by atoms with E-state index in [-0.39, 0.29) is 0 Å². The molecule has 0 unspecified atom stereocenters. The van der Waals surface area contributed by atoms with Gasteiger partial charge in [-0.05, 0) is 68.0 Å². The largest absolute Gasteiger partial charge is 0.371 e. The smallest absolute Gasteiger partial charge is 0.147 e. The summed E-state index contributed by atoms with van der Waals surface area (Å²) in [5.74, 6) is 1.87. The van der Waals surface area contributed by atoms with Crippen LogP contribution in [0.2, 0.25) is 10.0 Å². The van der Waals surface area contributed by atoms with Crippen molar-refractivity contribution in [2.24, 2.45) is 5.92 Å². The predicted octanol–water partition coefficient (Wildman–Crippen LogP) is 7.33. The van der Waals surface area contributed by atoms with Crippen LogP contribution in [-0.4, -0.2) is 18.2 Å². The third kappa shape index (κ3) is 4.28. The number of aromatic nitrogens is 1. The van der Waals surface area contributed by atoms with Gasteiger partial charge < -0.3 is 9.42 Å². The lowest BCUT2D eigenvalue weighted by Crippen LogP contribution is -2.33. The second kappa shape index (κ2) is 9.02. The van der Waals surface area contributed by atoms with Crippen LogP contribution in [0.4, 0.5) is 5.69 Å². The molecule has 32 heavy (non-hydrogen) atoms. The van der Waals surface area contributed by atoms with E-state index in [1.807, 2.05) is 42.5 Å². The number of nitrogens with zero attached hydrogens (tertiary/aromatic N) is 3. The standard InChI is InChI=1S/C26H23Cl2N3O/c27-22-2-1-3-23(28)24(22)25-21(26(32-30-25)19-7-8-19)11-6-17-12-14-31(15-13-17)20-9-4-18(16-29)5-10-20/h1-6,9-11,17,19H,7-8,12-15H2/b11-6+. The summed E-state index contributed by atoms with van der Waals surface area (Å²) in [5, 5.41) is 14.5. The molecule has 2 aromatic carbocycles. The zero-order valence-electron chi connectivity index (χ0n) is 17.6. The molecular weight excluding hydrogens is 441 g/mol. The van der Waals surface area contributed by atoms with E-state index in [1.165, 1.54) is 5.69 Å². The van der Waals surface area contributed by atoms with Gasteiger partial charge in [0.1, 0.15) is 11.5 Å². The van der Waals surface area contributed by atoms with Crippen molar-refractivity contribution in [3.63, 3.8) is 0 Å². The molecule has 0 atom stereocenters. The van der Waals surface area contributed by atoms with Gasteiger partial charge in [0.05, 0.1) is 21.7 Å². The Labute approximate surface area is 198 Å². The molecule has 0 radical (unpaired) electrons. The van der Waals surface area contributed by atoms with Crippen molar-refractivity contribution in [3.05, 3.63) is 75.5 Å². The van der Waals surface area contributed by atoms with Crippen molar-refractivity contribution in [3.8, 4) is 17.3 Å². The van der Waals surface area contributed by atoms with E-state index >= 15 is 0 Å². The zero-order valence-corrected chi connectivity index (χ0v) is 19.1. The van der Waals surface area contributed by atoms with Crippen LogP contribution in [-0.2, 0) is 0 Å². The zero-order chi connectivity index (χ0) is 22.1. The average Bonchev–Trinajstić information content (AvgIpc) is 3.58. The maximum atomic E-state index is 8.99. The first-order chi connectivity index (χ1) is 15.6. The lowest BCUT2D eigenvalue weighted by molar-refractivity contribution is 0.386. The number of hydrogen-bond donors (Lipinski definition) is 0. The number of hydrogen-bond acceptors (Lipinski definition) is 4. The molecule has 1 aliphatic heterocycles. The molecular formula is C26H23Cl2N3O. The van der Waals surface area contributed by atoms with Crippen molar-refractivity contribution in [2.45, 2.75) is 31.6 Å². The maximum Gasteiger partial charge on any atom is 0.147 e. The third-order valence-electron chi connectivity index (χ3n) is 6.34. The molecule has 0 bridgehead atoms. The number of piperidine rings is 1. The summed E-state index contributed by atoms with van der Waals surface area (Å²) >= 11 is 12.9. The molecule has 6 heteroatoms. The molecule has 5 rings (SSSR count). The fourth-order valence-corrected chi connectivity index (χ4v) is 4.92. The highest BCUT2D eigenvalue weighted by Gasteiger charge is 2.32. The second-order valence-electron chi connectivity index (χ2n) is 8.52. The van der Waals surface area contributed by atoms with Crippen LogP contribution < -0.4 is 4.90 Å². The van der Waals surface area contributed by atoms with Crippen molar-refractivity contribution in [2.75, 3.05) is 18.0 Å². The van der Waals surface area contributed by atoms with Crippen LogP contribution in [0.25, 0.3) is 17.3 Å². The van der Waals surface area contributed by atoms with E-state index < -0.39 is 0 Å². The topological polar surface area (TPSA) is 53.1 Å². The third-order valence-corrected chi connectivity index (χ3v) is 6.97. The van der Waals surface area contributed by atoms with Gasteiger partial charge in [0.2, 0.25) is 0 Å². The average molecular weight is 464 g/mol. The molecule has 3 aromatic rings. The molecule has 4 nitrogen and oxygen atoms in total. The Hall–Kier alpha value is -2.74. The van der Waals surface area contributed by atoms with E-state index in [9.17, 15) is 0 Å². The first-order valence-corrected chi connectivity index (χ1v) is 11.8. The maximum absolute atomic E-state index is 8.99. The first kappa shape index (κ1) is 21.1. The van der Waals surface area contributed by atoms with Gasteiger partial charge in [-0.15, -0.1) is 0 Å². The normalized spacial score (nSPS) is 17.1. The van der Waals surface area contributed by atoms with Gasteiger partial charge in [0.25, 0.3) is 0 Å². The van der Waals surface area contributed by atoms with Gasteiger partial charge >= 0.3 is 0 Å². The number of anilines is 1. The van der Waals surface area contributed by atoms with E-state index in [4.69, 9.17) is 33.0 Å². The molecule has 162 valence electrons. The molecule has 0 amide bonds. The Morgan fingerprint density at radius 1 is 1.00 bits per heavy atom. The van der Waals surface area contributed by atoms with Gasteiger partial charge in [0, 0.05) is 35.8 Å². The van der Waals surface area contributed by atoms with Crippen LogP contribution in [0.5, 0.6) is 0 Å². The highest BCUT2D eigenvalue weighted by molar-refractivity contribution is 6.39. The molecule has 2 aliphatic rings. The van der Waals surface area contributed by atoms with Crippen molar-refractivity contribution in [1.29, 1.82) is 5.26 Å². The van der Waals surface area contributed by atoms with Crippen molar-refractivity contribution >= 4 is 35.0 Å². The van der Waals surface area contributed by atoms with Gasteiger partial charge in [-0.1, -0.05) is 46.6 Å². The molecule has 2 heterocycles. The van der Waals surface area contributed by atoms with E-state index in [1.54, 1.807) is 0 Å². The van der Waals surface area contributed by atoms with Crippen LogP contribution in [0.1, 0.15) is 48.5 Å². The lowest BCUT2D eigenvalue weighted by atomic mass is 9.94. The summed E-state index contributed by atoms with van der Waals surface area (Å²) in [6.07, 6.45) is 8.87. The Morgan fingerprint density at radius 2 is 1.69 bits per heavy atom. The summed E-state index contributed by atoms with van der Waals surface area (Å²) in [6.45, 7) is 1.98. The Balaban J connectivity index is 1.34. The van der Waals surface area contributed by atoms with E-state index in [2.05, 4.69) is 28.3 Å². The summed E-state index contributed by atoms with van der Waals surface area (Å²) in [6, 6.07) is 15.5. The number of halogens is 2. The van der Waals surface area contributed by atoms with Crippen LogP contribution in [0.3, 0.4) is 0 Å². The number of rotatable bonds is 5. The van der Waals surface area contributed by atoms with Gasteiger partial charge in [-0.25, -0.2) is 0 Å². The fourth-order valence-electron chi connectivity index (χ4n) is 4.34. The second-order valence-corrected chi connectivity index (χ2v) is 9.34. The van der Waals surface area contributed by atoms with E-state index in [0.29, 0.717) is 27.4 Å². The molecule has 1 aromatic heterocycles. The van der Waals surface area contributed by atoms with Crippen LogP contribution in [0, 0.1) is 17.2 Å². The first-order valence-electron chi connectivity index (χ1n) is 11.0. The fraction of sp³-hybridized carbons (Fsp3) is 0.308. The minimum Gasteiger partial charge on any atom is -0.371 e. The molecule has 0 spiro atoms. The van der Waals surface area contributed by atoms with Crippen LogP contribution in [0.15, 0.2) is 53.1 Å². The number of allylic oxidation sites excluding steroid dienone is 1. The van der Waals surface area contributed by atoms with Crippen molar-refractivity contribution in [1.82, 2.24) is 5.16 Å². The molecule has 2 fully saturated rings. The summed E-state index contributed by atoms with van der Waals surface area (Å²) in [7, 11) is 0. The highest BCUT2D eigenvalue weighted by Crippen LogP contribution is 2.46. The molecule has 0 N–H and O–H groups in total. The Kier molecular flexibility index (Phi) is 5.95. The van der Waals surface area contributed by atoms with Crippen LogP contribution >= 0.6 is 23.2 Å². The molecule has 1 aliphatic carbocycles. The summed E-state index contributed by atoms with van der Waals surface area (Å²) in [4.78, 5) is 2.38.